The number of hydrogen-bond acceptors (Lipinski definition) is 3. The van der Waals surface area contributed by atoms with Crippen LogP contribution in [0.25, 0.3) is 11.3 Å². The molecule has 0 radical (unpaired) electrons. The Balaban J connectivity index is 1.63. The Bertz CT molecular complexity index is 695. The highest BCUT2D eigenvalue weighted by atomic mass is 19.1. The topological polar surface area (TPSA) is 67.0 Å². The molecular formula is C18H22FN3O2. The Labute approximate surface area is 140 Å². The lowest BCUT2D eigenvalue weighted by Crippen LogP contribution is -2.33. The van der Waals surface area contributed by atoms with Gasteiger partial charge in [-0.25, -0.2) is 4.39 Å². The number of ether oxygens (including phenoxy) is 1. The zero-order chi connectivity index (χ0) is 16.9. The molecule has 1 fully saturated rings. The standard InChI is InChI=1S/C18H22FN3O2/c1-12(8-9-13-5-4-10-24-13)21-18(23)15-11-20-22-17(15)14-6-2-3-7-16(14)19/h2-3,6-7,11-13H,4-5,8-10H2,1H3,(H,20,22)(H,21,23)/t12-,13+/m0/s1. The summed E-state index contributed by atoms with van der Waals surface area (Å²) in [4.78, 5) is 12.5. The predicted octanol–water partition coefficient (Wildman–Crippen LogP) is 3.29. The van der Waals surface area contributed by atoms with Gasteiger partial charge in [0.2, 0.25) is 0 Å². The van der Waals surface area contributed by atoms with Crippen LogP contribution in [0.1, 0.15) is 43.0 Å². The summed E-state index contributed by atoms with van der Waals surface area (Å²) in [6.45, 7) is 2.81. The van der Waals surface area contributed by atoms with Gasteiger partial charge in [-0.05, 0) is 44.7 Å². The number of H-pyrrole nitrogens is 1. The molecule has 5 nitrogen and oxygen atoms in total. The maximum absolute atomic E-state index is 14.0. The normalized spacial score (nSPS) is 18.5. The number of carbonyl (C=O) groups excluding carboxylic acids is 1. The monoisotopic (exact) mass is 331 g/mol. The van der Waals surface area contributed by atoms with Crippen molar-refractivity contribution in [2.45, 2.75) is 44.8 Å². The van der Waals surface area contributed by atoms with Crippen LogP contribution >= 0.6 is 0 Å². The molecule has 1 saturated heterocycles. The summed E-state index contributed by atoms with van der Waals surface area (Å²) in [5.41, 5.74) is 1.09. The molecule has 1 aliphatic rings. The van der Waals surface area contributed by atoms with Gasteiger partial charge in [-0.3, -0.25) is 9.89 Å². The van der Waals surface area contributed by atoms with Crippen LogP contribution in [-0.2, 0) is 4.74 Å². The summed E-state index contributed by atoms with van der Waals surface area (Å²) in [6, 6.07) is 6.35. The van der Waals surface area contributed by atoms with Crippen LogP contribution in [0.4, 0.5) is 4.39 Å². The maximum atomic E-state index is 14.0. The summed E-state index contributed by atoms with van der Waals surface area (Å²) >= 11 is 0. The molecule has 0 unspecified atom stereocenters. The highest BCUT2D eigenvalue weighted by molar-refractivity contribution is 5.99. The first-order chi connectivity index (χ1) is 11.6. The van der Waals surface area contributed by atoms with Gasteiger partial charge in [0.15, 0.2) is 0 Å². The molecule has 2 aromatic rings. The van der Waals surface area contributed by atoms with Crippen molar-refractivity contribution in [3.05, 3.63) is 41.8 Å². The van der Waals surface area contributed by atoms with Crippen LogP contribution in [0.2, 0.25) is 0 Å². The van der Waals surface area contributed by atoms with Crippen molar-refractivity contribution >= 4 is 5.91 Å². The number of halogens is 1. The molecule has 1 aromatic heterocycles. The highest BCUT2D eigenvalue weighted by Crippen LogP contribution is 2.24. The SMILES string of the molecule is C[C@@H](CC[C@H]1CCCO1)NC(=O)c1cn[nH]c1-c1ccccc1F. The number of nitrogens with one attached hydrogen (secondary N) is 2. The second-order valence-corrected chi connectivity index (χ2v) is 6.23. The van der Waals surface area contributed by atoms with Crippen molar-refractivity contribution < 1.29 is 13.9 Å². The van der Waals surface area contributed by atoms with E-state index in [0.717, 1.165) is 32.3 Å². The Kier molecular flexibility index (Phi) is 5.25. The molecule has 0 spiro atoms. The molecule has 0 saturated carbocycles. The quantitative estimate of drug-likeness (QED) is 0.853. The van der Waals surface area contributed by atoms with Gasteiger partial charge in [-0.15, -0.1) is 0 Å². The zero-order valence-electron chi connectivity index (χ0n) is 13.7. The third-order valence-electron chi connectivity index (χ3n) is 4.35. The van der Waals surface area contributed by atoms with Gasteiger partial charge < -0.3 is 10.1 Å². The number of amides is 1. The summed E-state index contributed by atoms with van der Waals surface area (Å²) in [5, 5.41) is 9.59. The van der Waals surface area contributed by atoms with Crippen LogP contribution in [0.15, 0.2) is 30.5 Å². The maximum Gasteiger partial charge on any atom is 0.255 e. The second-order valence-electron chi connectivity index (χ2n) is 6.23. The number of nitrogens with zero attached hydrogens (tertiary/aromatic N) is 1. The van der Waals surface area contributed by atoms with Gasteiger partial charge >= 0.3 is 0 Å². The Morgan fingerprint density at radius 1 is 1.50 bits per heavy atom. The fraction of sp³-hybridized carbons (Fsp3) is 0.444. The van der Waals surface area contributed by atoms with Gasteiger partial charge in [0.05, 0.1) is 23.6 Å². The van der Waals surface area contributed by atoms with Crippen molar-refractivity contribution in [2.75, 3.05) is 6.61 Å². The molecule has 1 aliphatic heterocycles. The van der Waals surface area contributed by atoms with Crippen molar-refractivity contribution in [1.29, 1.82) is 0 Å². The Morgan fingerprint density at radius 2 is 2.33 bits per heavy atom. The van der Waals surface area contributed by atoms with E-state index in [2.05, 4.69) is 15.5 Å². The van der Waals surface area contributed by atoms with Gasteiger partial charge in [0.1, 0.15) is 5.82 Å². The van der Waals surface area contributed by atoms with Crippen LogP contribution < -0.4 is 5.32 Å². The molecule has 3 rings (SSSR count). The first-order valence-electron chi connectivity index (χ1n) is 8.36. The molecule has 6 heteroatoms. The molecule has 128 valence electrons. The van der Waals surface area contributed by atoms with Crippen molar-refractivity contribution in [2.24, 2.45) is 0 Å². The predicted molar refractivity (Wildman–Crippen MR) is 89.1 cm³/mol. The van der Waals surface area contributed by atoms with E-state index >= 15 is 0 Å². The zero-order valence-corrected chi connectivity index (χ0v) is 13.7. The molecule has 2 N–H and O–H groups in total. The average Bonchev–Trinajstić information content (AvgIpc) is 3.25. The number of hydrogen-bond donors (Lipinski definition) is 2. The minimum absolute atomic E-state index is 0.0186. The number of aromatic nitrogens is 2. The molecule has 0 aliphatic carbocycles. The van der Waals surface area contributed by atoms with Gasteiger partial charge in [0.25, 0.3) is 5.91 Å². The smallest absolute Gasteiger partial charge is 0.255 e. The lowest BCUT2D eigenvalue weighted by atomic mass is 10.1. The molecule has 2 heterocycles. The van der Waals surface area contributed by atoms with Crippen LogP contribution in [0.5, 0.6) is 0 Å². The number of rotatable bonds is 6. The van der Waals surface area contributed by atoms with Crippen LogP contribution in [0, 0.1) is 5.82 Å². The van der Waals surface area contributed by atoms with Gasteiger partial charge in [0, 0.05) is 18.2 Å². The number of benzene rings is 1. The molecule has 1 amide bonds. The van der Waals surface area contributed by atoms with Crippen molar-refractivity contribution in [3.63, 3.8) is 0 Å². The third-order valence-corrected chi connectivity index (χ3v) is 4.35. The fourth-order valence-electron chi connectivity index (χ4n) is 3.01. The van der Waals surface area contributed by atoms with Crippen LogP contribution in [0.3, 0.4) is 0 Å². The highest BCUT2D eigenvalue weighted by Gasteiger charge is 2.20. The second kappa shape index (κ2) is 7.57. The van der Waals surface area contributed by atoms with Crippen LogP contribution in [-0.4, -0.2) is 34.9 Å². The van der Waals surface area contributed by atoms with E-state index < -0.39 is 0 Å². The fourth-order valence-corrected chi connectivity index (χ4v) is 3.01. The van der Waals surface area contributed by atoms with E-state index in [4.69, 9.17) is 4.74 Å². The first kappa shape index (κ1) is 16.6. The van der Waals surface area contributed by atoms with Crippen molar-refractivity contribution in [3.8, 4) is 11.3 Å². The number of aromatic amines is 1. The van der Waals surface area contributed by atoms with E-state index in [0.29, 0.717) is 22.9 Å². The van der Waals surface area contributed by atoms with E-state index in [1.165, 1.54) is 12.3 Å². The van der Waals surface area contributed by atoms with E-state index in [1.807, 2.05) is 6.92 Å². The minimum atomic E-state index is -0.387. The summed E-state index contributed by atoms with van der Waals surface area (Å²) in [5.74, 6) is -0.635. The van der Waals surface area contributed by atoms with E-state index in [1.54, 1.807) is 18.2 Å². The van der Waals surface area contributed by atoms with Gasteiger partial charge in [-0.1, -0.05) is 12.1 Å². The van der Waals surface area contributed by atoms with Gasteiger partial charge in [-0.2, -0.15) is 5.10 Å². The largest absolute Gasteiger partial charge is 0.378 e. The summed E-state index contributed by atoms with van der Waals surface area (Å²) in [7, 11) is 0. The minimum Gasteiger partial charge on any atom is -0.378 e. The molecule has 2 atom stereocenters. The van der Waals surface area contributed by atoms with E-state index in [9.17, 15) is 9.18 Å². The number of carbonyl (C=O) groups is 1. The lowest BCUT2D eigenvalue weighted by Gasteiger charge is -2.16. The molecular weight excluding hydrogens is 309 g/mol. The average molecular weight is 331 g/mol. The lowest BCUT2D eigenvalue weighted by molar-refractivity contribution is 0.0900. The third kappa shape index (κ3) is 3.82. The molecule has 0 bridgehead atoms. The Morgan fingerprint density at radius 3 is 3.08 bits per heavy atom. The first-order valence-corrected chi connectivity index (χ1v) is 8.36. The van der Waals surface area contributed by atoms with Crippen molar-refractivity contribution in [1.82, 2.24) is 15.5 Å². The Hall–Kier alpha value is -2.21. The van der Waals surface area contributed by atoms with E-state index in [-0.39, 0.29) is 17.8 Å². The molecule has 1 aromatic carbocycles. The summed E-state index contributed by atoms with van der Waals surface area (Å²) in [6.07, 6.45) is 5.75. The summed E-state index contributed by atoms with van der Waals surface area (Å²) < 4.78 is 19.6. The molecule has 24 heavy (non-hydrogen) atoms.